The lowest BCUT2D eigenvalue weighted by atomic mass is 10.1. The van der Waals surface area contributed by atoms with Crippen LogP contribution in [0.2, 0.25) is 0 Å². The number of benzene rings is 2. The van der Waals surface area contributed by atoms with Crippen LogP contribution < -0.4 is 19.5 Å². The Kier molecular flexibility index (Phi) is 5.30. The molecule has 122 valence electrons. The molecule has 0 radical (unpaired) electrons. The van der Waals surface area contributed by atoms with E-state index in [4.69, 9.17) is 14.2 Å². The van der Waals surface area contributed by atoms with Crippen LogP contribution in [0.3, 0.4) is 0 Å². The molecule has 0 aromatic heterocycles. The fourth-order valence-corrected chi connectivity index (χ4v) is 2.32. The first-order valence-corrected chi connectivity index (χ1v) is 6.96. The quantitative estimate of drug-likeness (QED) is 0.817. The van der Waals surface area contributed by atoms with Gasteiger partial charge in [0, 0.05) is 17.8 Å². The minimum atomic E-state index is -0.979. The maximum Gasteiger partial charge on any atom is 0.337 e. The molecule has 0 bridgehead atoms. The molecule has 0 saturated carbocycles. The van der Waals surface area contributed by atoms with E-state index in [1.807, 2.05) is 6.07 Å². The van der Waals surface area contributed by atoms with E-state index in [9.17, 15) is 9.90 Å². The van der Waals surface area contributed by atoms with Crippen molar-refractivity contribution in [1.82, 2.24) is 0 Å². The molecule has 0 fully saturated rings. The lowest BCUT2D eigenvalue weighted by Gasteiger charge is -2.17. The van der Waals surface area contributed by atoms with Gasteiger partial charge in [0.05, 0.1) is 26.9 Å². The Morgan fingerprint density at radius 1 is 1.00 bits per heavy atom. The summed E-state index contributed by atoms with van der Waals surface area (Å²) < 4.78 is 16.0. The van der Waals surface area contributed by atoms with E-state index < -0.39 is 5.97 Å². The summed E-state index contributed by atoms with van der Waals surface area (Å²) in [6.07, 6.45) is 0. The third-order valence-corrected chi connectivity index (χ3v) is 3.41. The number of carboxylic acid groups (broad SMARTS) is 1. The number of nitrogens with one attached hydrogen (secondary N) is 1. The second-order valence-electron chi connectivity index (χ2n) is 4.70. The van der Waals surface area contributed by atoms with E-state index in [1.54, 1.807) is 44.6 Å². The van der Waals surface area contributed by atoms with Crippen LogP contribution in [0.15, 0.2) is 36.4 Å². The molecule has 2 aromatic carbocycles. The molecule has 2 rings (SSSR count). The standard InChI is InChI=1S/C17H19NO5/c1-21-14-9-8-11(15(22-2)16(14)23-3)10-18-13-7-5-4-6-12(13)17(19)20/h4-9,18H,10H2,1-3H3,(H,19,20). The van der Waals surface area contributed by atoms with Crippen molar-refractivity contribution in [2.45, 2.75) is 6.54 Å². The molecule has 23 heavy (non-hydrogen) atoms. The van der Waals surface area contributed by atoms with E-state index in [0.29, 0.717) is 29.5 Å². The number of hydrogen-bond donors (Lipinski definition) is 2. The second kappa shape index (κ2) is 7.40. The van der Waals surface area contributed by atoms with Gasteiger partial charge in [-0.05, 0) is 24.3 Å². The van der Waals surface area contributed by atoms with Gasteiger partial charge in [0.25, 0.3) is 0 Å². The molecule has 0 unspecified atom stereocenters. The van der Waals surface area contributed by atoms with Crippen molar-refractivity contribution in [1.29, 1.82) is 0 Å². The third-order valence-electron chi connectivity index (χ3n) is 3.41. The third kappa shape index (κ3) is 3.48. The summed E-state index contributed by atoms with van der Waals surface area (Å²) in [5.41, 5.74) is 1.58. The highest BCUT2D eigenvalue weighted by Gasteiger charge is 2.16. The van der Waals surface area contributed by atoms with Crippen molar-refractivity contribution in [3.05, 3.63) is 47.5 Å². The summed E-state index contributed by atoms with van der Waals surface area (Å²) in [5, 5.41) is 12.3. The zero-order valence-electron chi connectivity index (χ0n) is 13.3. The SMILES string of the molecule is COc1ccc(CNc2ccccc2C(=O)O)c(OC)c1OC. The number of aromatic carboxylic acids is 1. The second-order valence-corrected chi connectivity index (χ2v) is 4.70. The Balaban J connectivity index is 2.29. The fourth-order valence-electron chi connectivity index (χ4n) is 2.32. The number of para-hydroxylation sites is 1. The highest BCUT2D eigenvalue weighted by molar-refractivity contribution is 5.94. The van der Waals surface area contributed by atoms with E-state index in [0.717, 1.165) is 5.56 Å². The van der Waals surface area contributed by atoms with Crippen LogP contribution in [0.1, 0.15) is 15.9 Å². The van der Waals surface area contributed by atoms with Gasteiger partial charge in [0.1, 0.15) is 0 Å². The van der Waals surface area contributed by atoms with Gasteiger partial charge in [-0.2, -0.15) is 0 Å². The molecule has 6 nitrogen and oxygen atoms in total. The molecule has 2 N–H and O–H groups in total. The molecular weight excluding hydrogens is 298 g/mol. The number of carboxylic acids is 1. The van der Waals surface area contributed by atoms with Crippen LogP contribution in [-0.4, -0.2) is 32.4 Å². The van der Waals surface area contributed by atoms with Crippen molar-refractivity contribution in [2.24, 2.45) is 0 Å². The fraction of sp³-hybridized carbons (Fsp3) is 0.235. The molecule has 0 aliphatic rings. The van der Waals surface area contributed by atoms with E-state index >= 15 is 0 Å². The molecule has 0 atom stereocenters. The van der Waals surface area contributed by atoms with Crippen molar-refractivity contribution in [3.8, 4) is 17.2 Å². The van der Waals surface area contributed by atoms with E-state index in [2.05, 4.69) is 5.32 Å². The van der Waals surface area contributed by atoms with Crippen LogP contribution in [0.4, 0.5) is 5.69 Å². The number of anilines is 1. The maximum absolute atomic E-state index is 11.2. The zero-order chi connectivity index (χ0) is 16.8. The number of rotatable bonds is 7. The summed E-state index contributed by atoms with van der Waals surface area (Å²) >= 11 is 0. The van der Waals surface area contributed by atoms with Gasteiger partial charge in [-0.25, -0.2) is 4.79 Å². The lowest BCUT2D eigenvalue weighted by molar-refractivity contribution is 0.0698. The highest BCUT2D eigenvalue weighted by Crippen LogP contribution is 2.40. The smallest absolute Gasteiger partial charge is 0.337 e. The molecular formula is C17H19NO5. The van der Waals surface area contributed by atoms with E-state index in [-0.39, 0.29) is 5.56 Å². The van der Waals surface area contributed by atoms with Crippen LogP contribution in [0.5, 0.6) is 17.2 Å². The van der Waals surface area contributed by atoms with Gasteiger partial charge < -0.3 is 24.6 Å². The summed E-state index contributed by atoms with van der Waals surface area (Å²) in [4.78, 5) is 11.2. The first-order valence-electron chi connectivity index (χ1n) is 6.96. The predicted octanol–water partition coefficient (Wildman–Crippen LogP) is 3.02. The first kappa shape index (κ1) is 16.5. The highest BCUT2D eigenvalue weighted by atomic mass is 16.5. The summed E-state index contributed by atoms with van der Waals surface area (Å²) in [7, 11) is 4.64. The minimum absolute atomic E-state index is 0.215. The normalized spacial score (nSPS) is 10.0. The molecule has 0 spiro atoms. The molecule has 0 aliphatic carbocycles. The first-order chi connectivity index (χ1) is 11.1. The van der Waals surface area contributed by atoms with Crippen molar-refractivity contribution < 1.29 is 24.1 Å². The van der Waals surface area contributed by atoms with Gasteiger partial charge in [-0.15, -0.1) is 0 Å². The Hall–Kier alpha value is -2.89. The van der Waals surface area contributed by atoms with Gasteiger partial charge in [-0.3, -0.25) is 0 Å². The summed E-state index contributed by atoms with van der Waals surface area (Å²) in [6.45, 7) is 0.383. The maximum atomic E-state index is 11.2. The molecule has 0 amide bonds. The predicted molar refractivity (Wildman–Crippen MR) is 86.8 cm³/mol. The molecule has 0 saturated heterocycles. The zero-order valence-corrected chi connectivity index (χ0v) is 13.3. The Morgan fingerprint density at radius 2 is 1.70 bits per heavy atom. The van der Waals surface area contributed by atoms with Crippen molar-refractivity contribution in [3.63, 3.8) is 0 Å². The van der Waals surface area contributed by atoms with Crippen LogP contribution >= 0.6 is 0 Å². The van der Waals surface area contributed by atoms with Gasteiger partial charge >= 0.3 is 5.97 Å². The molecule has 6 heteroatoms. The topological polar surface area (TPSA) is 77.0 Å². The Labute approximate surface area is 134 Å². The van der Waals surface area contributed by atoms with Crippen molar-refractivity contribution >= 4 is 11.7 Å². The number of methoxy groups -OCH3 is 3. The van der Waals surface area contributed by atoms with Gasteiger partial charge in [-0.1, -0.05) is 12.1 Å². The number of ether oxygens (including phenoxy) is 3. The monoisotopic (exact) mass is 317 g/mol. The summed E-state index contributed by atoms with van der Waals surface area (Å²) in [5.74, 6) is 0.638. The van der Waals surface area contributed by atoms with Crippen LogP contribution in [0, 0.1) is 0 Å². The van der Waals surface area contributed by atoms with Gasteiger partial charge in [0.15, 0.2) is 11.5 Å². The largest absolute Gasteiger partial charge is 0.493 e. The molecule has 2 aromatic rings. The average molecular weight is 317 g/mol. The Morgan fingerprint density at radius 3 is 2.30 bits per heavy atom. The average Bonchev–Trinajstić information content (AvgIpc) is 2.58. The van der Waals surface area contributed by atoms with Crippen LogP contribution in [0.25, 0.3) is 0 Å². The summed E-state index contributed by atoms with van der Waals surface area (Å²) in [6, 6.07) is 10.4. The molecule has 0 heterocycles. The molecule has 0 aliphatic heterocycles. The van der Waals surface area contributed by atoms with Crippen LogP contribution in [-0.2, 0) is 6.54 Å². The van der Waals surface area contributed by atoms with E-state index in [1.165, 1.54) is 7.11 Å². The lowest BCUT2D eigenvalue weighted by Crippen LogP contribution is -2.07. The van der Waals surface area contributed by atoms with Crippen molar-refractivity contribution in [2.75, 3.05) is 26.6 Å². The Bertz CT molecular complexity index is 699. The number of hydrogen-bond acceptors (Lipinski definition) is 5. The minimum Gasteiger partial charge on any atom is -0.493 e. The van der Waals surface area contributed by atoms with Gasteiger partial charge in [0.2, 0.25) is 5.75 Å². The number of carbonyl (C=O) groups is 1.